The summed E-state index contributed by atoms with van der Waals surface area (Å²) < 4.78 is 22.9. The highest BCUT2D eigenvalue weighted by molar-refractivity contribution is 7.89. The van der Waals surface area contributed by atoms with Crippen molar-refractivity contribution in [1.29, 1.82) is 0 Å². The van der Waals surface area contributed by atoms with Gasteiger partial charge in [0, 0.05) is 12.5 Å². The van der Waals surface area contributed by atoms with E-state index in [-0.39, 0.29) is 29.0 Å². The standard InChI is InChI=1S/C20H27N3O5S/c1-2-6-18(24)22(14-7-4-3-5-8-14)17-13-19(25)23(20(17)26)15-9-11-16(12-10-15)29(21,27)28/h9-12,14,17H,2-8,13H2,1H3,(H2,21,27,28). The van der Waals surface area contributed by atoms with E-state index in [9.17, 15) is 22.8 Å². The molecule has 0 spiro atoms. The van der Waals surface area contributed by atoms with E-state index >= 15 is 0 Å². The number of amides is 3. The Morgan fingerprint density at radius 2 is 1.76 bits per heavy atom. The number of nitrogens with two attached hydrogens (primary N) is 1. The molecule has 1 saturated carbocycles. The third-order valence-corrected chi connectivity index (χ3v) is 6.53. The van der Waals surface area contributed by atoms with E-state index in [2.05, 4.69) is 0 Å². The van der Waals surface area contributed by atoms with Gasteiger partial charge < -0.3 is 4.90 Å². The molecule has 2 aliphatic rings. The van der Waals surface area contributed by atoms with Crippen molar-refractivity contribution in [3.05, 3.63) is 24.3 Å². The monoisotopic (exact) mass is 421 g/mol. The lowest BCUT2D eigenvalue weighted by Gasteiger charge is -2.37. The Morgan fingerprint density at radius 3 is 2.31 bits per heavy atom. The van der Waals surface area contributed by atoms with Gasteiger partial charge in [-0.1, -0.05) is 26.2 Å². The maximum Gasteiger partial charge on any atom is 0.257 e. The highest BCUT2D eigenvalue weighted by Crippen LogP contribution is 2.32. The normalized spacial score (nSPS) is 20.9. The molecular weight excluding hydrogens is 394 g/mol. The van der Waals surface area contributed by atoms with Gasteiger partial charge in [0.15, 0.2) is 0 Å². The Hall–Kier alpha value is -2.26. The molecule has 8 nitrogen and oxygen atoms in total. The van der Waals surface area contributed by atoms with Crippen LogP contribution in [-0.4, -0.2) is 43.1 Å². The van der Waals surface area contributed by atoms with Gasteiger partial charge in [0.1, 0.15) is 6.04 Å². The summed E-state index contributed by atoms with van der Waals surface area (Å²) in [5.41, 5.74) is 0.279. The molecule has 9 heteroatoms. The van der Waals surface area contributed by atoms with E-state index in [1.807, 2.05) is 6.92 Å². The average Bonchev–Trinajstić information content (AvgIpc) is 2.96. The van der Waals surface area contributed by atoms with Crippen molar-refractivity contribution < 1.29 is 22.8 Å². The Balaban J connectivity index is 1.87. The lowest BCUT2D eigenvalue weighted by molar-refractivity contribution is -0.141. The minimum absolute atomic E-state index is 0.0192. The molecular formula is C20H27N3O5S. The van der Waals surface area contributed by atoms with Crippen molar-refractivity contribution in [2.75, 3.05) is 4.90 Å². The summed E-state index contributed by atoms with van der Waals surface area (Å²) in [6.07, 6.45) is 5.79. The summed E-state index contributed by atoms with van der Waals surface area (Å²) in [5.74, 6) is -0.918. The van der Waals surface area contributed by atoms with Crippen LogP contribution in [0.5, 0.6) is 0 Å². The zero-order valence-electron chi connectivity index (χ0n) is 16.5. The number of imide groups is 1. The fourth-order valence-corrected chi connectivity index (χ4v) is 4.74. The Bertz CT molecular complexity index is 891. The predicted octanol–water partition coefficient (Wildman–Crippen LogP) is 1.93. The maximum atomic E-state index is 13.2. The summed E-state index contributed by atoms with van der Waals surface area (Å²) in [4.78, 5) is 41.3. The average molecular weight is 422 g/mol. The molecule has 1 aromatic carbocycles. The van der Waals surface area contributed by atoms with Gasteiger partial charge in [0.2, 0.25) is 21.8 Å². The number of benzene rings is 1. The quantitative estimate of drug-likeness (QED) is 0.704. The number of carbonyl (C=O) groups excluding carboxylic acids is 3. The molecule has 1 aliphatic carbocycles. The van der Waals surface area contributed by atoms with E-state index in [0.717, 1.165) is 37.0 Å². The molecule has 0 bridgehead atoms. The molecule has 1 saturated heterocycles. The Labute approximate surface area is 171 Å². The van der Waals surface area contributed by atoms with Gasteiger partial charge in [-0.15, -0.1) is 0 Å². The summed E-state index contributed by atoms with van der Waals surface area (Å²) in [5, 5.41) is 5.10. The Morgan fingerprint density at radius 1 is 1.14 bits per heavy atom. The van der Waals surface area contributed by atoms with Gasteiger partial charge in [-0.05, 0) is 43.5 Å². The van der Waals surface area contributed by atoms with E-state index in [1.54, 1.807) is 4.90 Å². The van der Waals surface area contributed by atoms with Crippen LogP contribution in [-0.2, 0) is 24.4 Å². The van der Waals surface area contributed by atoms with E-state index in [4.69, 9.17) is 5.14 Å². The number of rotatable bonds is 6. The van der Waals surface area contributed by atoms with Crippen LogP contribution in [0.1, 0.15) is 58.3 Å². The third kappa shape index (κ3) is 4.51. The van der Waals surface area contributed by atoms with Crippen LogP contribution < -0.4 is 10.0 Å². The minimum Gasteiger partial charge on any atom is -0.327 e. The summed E-state index contributed by atoms with van der Waals surface area (Å²) in [7, 11) is -3.87. The molecule has 1 heterocycles. The number of nitrogens with zero attached hydrogens (tertiary/aromatic N) is 2. The van der Waals surface area contributed by atoms with Crippen LogP contribution in [0, 0.1) is 0 Å². The molecule has 1 aliphatic heterocycles. The number of sulfonamides is 1. The maximum absolute atomic E-state index is 13.2. The van der Waals surface area contributed by atoms with Crippen molar-refractivity contribution in [1.82, 2.24) is 4.90 Å². The molecule has 0 radical (unpaired) electrons. The van der Waals surface area contributed by atoms with Crippen LogP contribution >= 0.6 is 0 Å². The van der Waals surface area contributed by atoms with Crippen molar-refractivity contribution in [2.45, 2.75) is 75.3 Å². The number of primary sulfonamides is 1. The van der Waals surface area contributed by atoms with Crippen molar-refractivity contribution >= 4 is 33.4 Å². The summed E-state index contributed by atoms with van der Waals surface area (Å²) in [6, 6.07) is 4.48. The highest BCUT2D eigenvalue weighted by atomic mass is 32.2. The van der Waals surface area contributed by atoms with Gasteiger partial charge in [0.05, 0.1) is 17.0 Å². The fraction of sp³-hybridized carbons (Fsp3) is 0.550. The number of anilines is 1. The van der Waals surface area contributed by atoms with Gasteiger partial charge >= 0.3 is 0 Å². The van der Waals surface area contributed by atoms with Crippen molar-refractivity contribution in [2.24, 2.45) is 5.14 Å². The van der Waals surface area contributed by atoms with Crippen LogP contribution in [0.2, 0.25) is 0 Å². The molecule has 1 aromatic rings. The molecule has 1 unspecified atom stereocenters. The first-order valence-corrected chi connectivity index (χ1v) is 11.6. The third-order valence-electron chi connectivity index (χ3n) is 5.60. The molecule has 3 amide bonds. The van der Waals surface area contributed by atoms with Gasteiger partial charge in [-0.3, -0.25) is 14.4 Å². The second kappa shape index (κ2) is 8.62. The van der Waals surface area contributed by atoms with Gasteiger partial charge in [-0.2, -0.15) is 0 Å². The largest absolute Gasteiger partial charge is 0.327 e. The van der Waals surface area contributed by atoms with Gasteiger partial charge in [0.25, 0.3) is 5.91 Å². The smallest absolute Gasteiger partial charge is 0.257 e. The summed E-state index contributed by atoms with van der Waals surface area (Å²) in [6.45, 7) is 1.91. The van der Waals surface area contributed by atoms with E-state index < -0.39 is 27.9 Å². The first kappa shape index (κ1) is 21.4. The molecule has 2 fully saturated rings. The lowest BCUT2D eigenvalue weighted by atomic mass is 9.92. The van der Waals surface area contributed by atoms with Crippen molar-refractivity contribution in [3.8, 4) is 0 Å². The summed E-state index contributed by atoms with van der Waals surface area (Å²) >= 11 is 0. The predicted molar refractivity (Wildman–Crippen MR) is 107 cm³/mol. The lowest BCUT2D eigenvalue weighted by Crippen LogP contribution is -2.51. The van der Waals surface area contributed by atoms with Crippen molar-refractivity contribution in [3.63, 3.8) is 0 Å². The van der Waals surface area contributed by atoms with E-state index in [1.165, 1.54) is 24.3 Å². The van der Waals surface area contributed by atoms with E-state index in [0.29, 0.717) is 12.8 Å². The second-order valence-electron chi connectivity index (χ2n) is 7.67. The van der Waals surface area contributed by atoms with Crippen LogP contribution in [0.25, 0.3) is 0 Å². The molecule has 3 rings (SSSR count). The zero-order valence-corrected chi connectivity index (χ0v) is 17.4. The number of carbonyl (C=O) groups is 3. The second-order valence-corrected chi connectivity index (χ2v) is 9.23. The Kier molecular flexibility index (Phi) is 6.38. The number of hydrogen-bond donors (Lipinski definition) is 1. The highest BCUT2D eigenvalue weighted by Gasteiger charge is 2.46. The van der Waals surface area contributed by atoms with Crippen LogP contribution in [0.15, 0.2) is 29.2 Å². The molecule has 0 aromatic heterocycles. The molecule has 1 atom stereocenters. The molecule has 158 valence electrons. The fourth-order valence-electron chi connectivity index (χ4n) is 4.22. The van der Waals surface area contributed by atoms with Crippen LogP contribution in [0.4, 0.5) is 5.69 Å². The zero-order chi connectivity index (χ0) is 21.2. The molecule has 29 heavy (non-hydrogen) atoms. The minimum atomic E-state index is -3.87. The van der Waals surface area contributed by atoms with Gasteiger partial charge in [-0.25, -0.2) is 18.5 Å². The number of hydrogen-bond acceptors (Lipinski definition) is 5. The first-order valence-electron chi connectivity index (χ1n) is 10.0. The van der Waals surface area contributed by atoms with Crippen LogP contribution in [0.3, 0.4) is 0 Å². The first-order chi connectivity index (χ1) is 13.7. The molecule has 2 N–H and O–H groups in total. The topological polar surface area (TPSA) is 118 Å². The SMILES string of the molecule is CCCC(=O)N(C1CCCCC1)C1CC(=O)N(c2ccc(S(N)(=O)=O)cc2)C1=O.